The van der Waals surface area contributed by atoms with Crippen LogP contribution in [0.4, 0.5) is 0 Å². The van der Waals surface area contributed by atoms with Crippen LogP contribution in [0.5, 0.6) is 5.75 Å². The van der Waals surface area contributed by atoms with Crippen LogP contribution in [0.1, 0.15) is 28.9 Å². The number of aromatic nitrogens is 3. The van der Waals surface area contributed by atoms with Crippen LogP contribution >= 0.6 is 0 Å². The summed E-state index contributed by atoms with van der Waals surface area (Å²) in [6.07, 6.45) is 3.46. The second-order valence-electron chi connectivity index (χ2n) is 4.69. The van der Waals surface area contributed by atoms with Gasteiger partial charge in [0.1, 0.15) is 5.75 Å². The molecular weight excluding hydrogens is 244 g/mol. The topological polar surface area (TPSA) is 82.1 Å². The molecule has 1 aromatic heterocycles. The van der Waals surface area contributed by atoms with Crippen molar-refractivity contribution in [2.75, 3.05) is 0 Å². The fourth-order valence-corrected chi connectivity index (χ4v) is 2.06. The first kappa shape index (κ1) is 11.7. The largest absolute Gasteiger partial charge is 0.508 e. The zero-order chi connectivity index (χ0) is 13.2. The lowest BCUT2D eigenvalue weighted by Crippen LogP contribution is -2.32. The van der Waals surface area contributed by atoms with E-state index in [-0.39, 0.29) is 17.7 Å². The molecule has 1 aromatic carbocycles. The van der Waals surface area contributed by atoms with Gasteiger partial charge >= 0.3 is 0 Å². The highest BCUT2D eigenvalue weighted by Crippen LogP contribution is 2.29. The third kappa shape index (κ3) is 2.57. The summed E-state index contributed by atoms with van der Waals surface area (Å²) in [7, 11) is 0. The second-order valence-corrected chi connectivity index (χ2v) is 4.69. The highest BCUT2D eigenvalue weighted by molar-refractivity contribution is 5.92. The summed E-state index contributed by atoms with van der Waals surface area (Å²) in [6, 6.07) is 7.23. The maximum Gasteiger partial charge on any atom is 0.276 e. The molecule has 0 spiro atoms. The van der Waals surface area contributed by atoms with Gasteiger partial charge in [-0.15, -0.1) is 0 Å². The number of phenolic OH excluding ortho intramolecular Hbond substituents is 1. The molecule has 3 rings (SSSR count). The summed E-state index contributed by atoms with van der Waals surface area (Å²) in [5.41, 5.74) is 1.23. The molecule has 1 heterocycles. The first-order valence-electron chi connectivity index (χ1n) is 6.18. The number of aromatic hydroxyl groups is 1. The van der Waals surface area contributed by atoms with Crippen LogP contribution < -0.4 is 0 Å². The van der Waals surface area contributed by atoms with Gasteiger partial charge in [0, 0.05) is 12.6 Å². The molecule has 1 fully saturated rings. The number of carbonyl (C=O) groups excluding carboxylic acids is 1. The van der Waals surface area contributed by atoms with Crippen LogP contribution in [0.2, 0.25) is 0 Å². The average molecular weight is 258 g/mol. The van der Waals surface area contributed by atoms with Gasteiger partial charge in [0.15, 0.2) is 5.69 Å². The molecule has 1 aliphatic rings. The first-order valence-corrected chi connectivity index (χ1v) is 6.18. The van der Waals surface area contributed by atoms with Crippen molar-refractivity contribution >= 4 is 5.91 Å². The Kier molecular flexibility index (Phi) is 2.91. The summed E-state index contributed by atoms with van der Waals surface area (Å²) >= 11 is 0. The van der Waals surface area contributed by atoms with Crippen LogP contribution in [0.15, 0.2) is 30.5 Å². The molecular formula is C13H14N4O2. The van der Waals surface area contributed by atoms with Crippen molar-refractivity contribution in [1.29, 1.82) is 0 Å². The Morgan fingerprint density at radius 1 is 1.47 bits per heavy atom. The molecule has 0 aliphatic heterocycles. The van der Waals surface area contributed by atoms with Crippen LogP contribution in [-0.2, 0) is 6.54 Å². The van der Waals surface area contributed by atoms with Crippen LogP contribution in [0.3, 0.4) is 0 Å². The quantitative estimate of drug-likeness (QED) is 0.866. The SMILES string of the molecule is O=C(c1cn[nH]n1)N(Cc1cccc(O)c1)C1CC1. The lowest BCUT2D eigenvalue weighted by Gasteiger charge is -2.21. The van der Waals surface area contributed by atoms with Gasteiger partial charge in [-0.05, 0) is 30.5 Å². The molecule has 6 nitrogen and oxygen atoms in total. The number of nitrogens with one attached hydrogen (secondary N) is 1. The Hall–Kier alpha value is -2.37. The predicted molar refractivity (Wildman–Crippen MR) is 67.4 cm³/mol. The zero-order valence-electron chi connectivity index (χ0n) is 10.3. The number of phenols is 1. The summed E-state index contributed by atoms with van der Waals surface area (Å²) in [6.45, 7) is 0.477. The molecule has 0 radical (unpaired) electrons. The molecule has 2 N–H and O–H groups in total. The van der Waals surface area contributed by atoms with E-state index in [0.29, 0.717) is 12.2 Å². The number of hydrogen-bond acceptors (Lipinski definition) is 4. The predicted octanol–water partition coefficient (Wildman–Crippen LogP) is 1.32. The van der Waals surface area contributed by atoms with Crippen LogP contribution in [0, 0.1) is 0 Å². The molecule has 1 saturated carbocycles. The maximum atomic E-state index is 12.3. The average Bonchev–Trinajstić information content (AvgIpc) is 3.09. The van der Waals surface area contributed by atoms with Crippen LogP contribution in [-0.4, -0.2) is 37.4 Å². The van der Waals surface area contributed by atoms with Gasteiger partial charge in [0.05, 0.1) is 6.20 Å². The third-order valence-electron chi connectivity index (χ3n) is 3.15. The van der Waals surface area contributed by atoms with Crippen molar-refractivity contribution in [1.82, 2.24) is 20.3 Å². The summed E-state index contributed by atoms with van der Waals surface area (Å²) in [4.78, 5) is 14.1. The molecule has 6 heteroatoms. The zero-order valence-corrected chi connectivity index (χ0v) is 10.3. The van der Waals surface area contributed by atoms with E-state index in [2.05, 4.69) is 15.4 Å². The molecule has 1 aliphatic carbocycles. The van der Waals surface area contributed by atoms with E-state index in [1.165, 1.54) is 6.20 Å². The standard InChI is InChI=1S/C13H14N4O2/c18-11-3-1-2-9(6-11)8-17(10-4-5-10)13(19)12-7-14-16-15-12/h1-3,6-7,10,18H,4-5,8H2,(H,14,15,16). The minimum absolute atomic E-state index is 0.125. The van der Waals surface area contributed by atoms with E-state index in [0.717, 1.165) is 18.4 Å². The molecule has 1 amide bonds. The summed E-state index contributed by atoms with van der Waals surface area (Å²) < 4.78 is 0. The fourth-order valence-electron chi connectivity index (χ4n) is 2.06. The van der Waals surface area contributed by atoms with Crippen LogP contribution in [0.25, 0.3) is 0 Å². The van der Waals surface area contributed by atoms with Gasteiger partial charge in [0.2, 0.25) is 0 Å². The maximum absolute atomic E-state index is 12.3. The fraction of sp³-hybridized carbons (Fsp3) is 0.308. The van der Waals surface area contributed by atoms with Gasteiger partial charge < -0.3 is 10.0 Å². The molecule has 0 atom stereocenters. The van der Waals surface area contributed by atoms with Crippen molar-refractivity contribution in [2.45, 2.75) is 25.4 Å². The number of hydrogen-bond donors (Lipinski definition) is 2. The number of carbonyl (C=O) groups is 1. The Bertz CT molecular complexity index is 578. The van der Waals surface area contributed by atoms with Gasteiger partial charge in [-0.25, -0.2) is 0 Å². The minimum Gasteiger partial charge on any atom is -0.508 e. The Morgan fingerprint density at radius 2 is 2.32 bits per heavy atom. The second kappa shape index (κ2) is 4.72. The normalized spacial score (nSPS) is 14.3. The van der Waals surface area contributed by atoms with Gasteiger partial charge in [-0.3, -0.25) is 4.79 Å². The monoisotopic (exact) mass is 258 g/mol. The van der Waals surface area contributed by atoms with E-state index < -0.39 is 0 Å². The Morgan fingerprint density at radius 3 is 2.95 bits per heavy atom. The number of H-pyrrole nitrogens is 1. The van der Waals surface area contributed by atoms with E-state index in [4.69, 9.17) is 0 Å². The molecule has 0 saturated heterocycles. The van der Waals surface area contributed by atoms with E-state index >= 15 is 0 Å². The number of amides is 1. The summed E-state index contributed by atoms with van der Waals surface area (Å²) in [5, 5.41) is 19.4. The van der Waals surface area contributed by atoms with Crippen molar-refractivity contribution in [3.63, 3.8) is 0 Å². The molecule has 98 valence electrons. The highest BCUT2D eigenvalue weighted by Gasteiger charge is 2.33. The lowest BCUT2D eigenvalue weighted by atomic mass is 10.2. The van der Waals surface area contributed by atoms with Crippen molar-refractivity contribution in [3.8, 4) is 5.75 Å². The lowest BCUT2D eigenvalue weighted by molar-refractivity contribution is 0.0723. The number of nitrogens with zero attached hydrogens (tertiary/aromatic N) is 3. The van der Waals surface area contributed by atoms with E-state index in [1.54, 1.807) is 23.1 Å². The molecule has 0 unspecified atom stereocenters. The smallest absolute Gasteiger partial charge is 0.276 e. The number of rotatable bonds is 4. The molecule has 2 aromatic rings. The molecule has 19 heavy (non-hydrogen) atoms. The van der Waals surface area contributed by atoms with Crippen molar-refractivity contribution in [2.24, 2.45) is 0 Å². The summed E-state index contributed by atoms with van der Waals surface area (Å²) in [5.74, 6) is 0.0849. The molecule has 0 bridgehead atoms. The van der Waals surface area contributed by atoms with Gasteiger partial charge in [-0.1, -0.05) is 12.1 Å². The Balaban J connectivity index is 1.80. The number of aromatic amines is 1. The van der Waals surface area contributed by atoms with Gasteiger partial charge in [-0.2, -0.15) is 15.4 Å². The van der Waals surface area contributed by atoms with Crippen molar-refractivity contribution in [3.05, 3.63) is 41.7 Å². The van der Waals surface area contributed by atoms with Crippen molar-refractivity contribution < 1.29 is 9.90 Å². The first-order chi connectivity index (χ1) is 9.24. The number of benzene rings is 1. The third-order valence-corrected chi connectivity index (χ3v) is 3.15. The van der Waals surface area contributed by atoms with E-state index in [9.17, 15) is 9.90 Å². The minimum atomic E-state index is -0.125. The van der Waals surface area contributed by atoms with E-state index in [1.807, 2.05) is 6.07 Å². The highest BCUT2D eigenvalue weighted by atomic mass is 16.3. The Labute approximate surface area is 110 Å². The van der Waals surface area contributed by atoms with Gasteiger partial charge in [0.25, 0.3) is 5.91 Å².